The predicted octanol–water partition coefficient (Wildman–Crippen LogP) is 4.14. The standard InChI is InChI=1S/C21H17FN4OS/c22-14-4-5-16-13(11-14)6-8-21(16,27)12-24-18-15-7-10-28-20(15)26-19(25-18)17-3-1-2-9-23-17/h1-5,7,9-11,27H,6,8,12H2,(H,24,25,26). The van der Waals surface area contributed by atoms with Crippen molar-refractivity contribution in [3.63, 3.8) is 0 Å². The Bertz CT molecular complexity index is 1160. The van der Waals surface area contributed by atoms with E-state index in [0.717, 1.165) is 21.3 Å². The summed E-state index contributed by atoms with van der Waals surface area (Å²) in [5, 5.41) is 17.3. The molecule has 28 heavy (non-hydrogen) atoms. The lowest BCUT2D eigenvalue weighted by Gasteiger charge is -2.25. The van der Waals surface area contributed by atoms with Gasteiger partial charge in [-0.2, -0.15) is 0 Å². The maximum Gasteiger partial charge on any atom is 0.181 e. The van der Waals surface area contributed by atoms with Crippen LogP contribution in [0.4, 0.5) is 10.2 Å². The van der Waals surface area contributed by atoms with E-state index in [-0.39, 0.29) is 12.4 Å². The lowest BCUT2D eigenvalue weighted by molar-refractivity contribution is 0.0526. The van der Waals surface area contributed by atoms with Gasteiger partial charge >= 0.3 is 0 Å². The molecular formula is C21H17FN4OS. The number of pyridine rings is 1. The van der Waals surface area contributed by atoms with Crippen molar-refractivity contribution >= 4 is 27.4 Å². The summed E-state index contributed by atoms with van der Waals surface area (Å²) in [5.74, 6) is 0.932. The third-order valence-corrected chi connectivity index (χ3v) is 5.95. The second-order valence-electron chi connectivity index (χ2n) is 6.94. The molecule has 7 heteroatoms. The van der Waals surface area contributed by atoms with Gasteiger partial charge in [-0.15, -0.1) is 11.3 Å². The molecule has 5 rings (SSSR count). The second kappa shape index (κ2) is 6.61. The van der Waals surface area contributed by atoms with Crippen molar-refractivity contribution in [2.75, 3.05) is 11.9 Å². The first-order valence-corrected chi connectivity index (χ1v) is 9.92. The molecule has 1 atom stereocenters. The fourth-order valence-corrected chi connectivity index (χ4v) is 4.48. The first-order chi connectivity index (χ1) is 13.6. The number of fused-ring (bicyclic) bond motifs is 2. The molecule has 1 aliphatic carbocycles. The molecule has 140 valence electrons. The molecule has 5 nitrogen and oxygen atoms in total. The van der Waals surface area contributed by atoms with Crippen LogP contribution in [-0.4, -0.2) is 26.6 Å². The normalized spacial score (nSPS) is 18.4. The largest absolute Gasteiger partial charge is 0.383 e. The molecule has 0 bridgehead atoms. The number of benzene rings is 1. The average Bonchev–Trinajstić information content (AvgIpc) is 3.32. The number of thiophene rings is 1. The first-order valence-electron chi connectivity index (χ1n) is 9.04. The van der Waals surface area contributed by atoms with Crippen molar-refractivity contribution in [2.24, 2.45) is 0 Å². The maximum absolute atomic E-state index is 13.5. The Hall–Kier alpha value is -2.90. The molecule has 1 unspecified atom stereocenters. The quantitative estimate of drug-likeness (QED) is 0.546. The zero-order valence-corrected chi connectivity index (χ0v) is 15.7. The Balaban J connectivity index is 1.49. The second-order valence-corrected chi connectivity index (χ2v) is 7.83. The number of rotatable bonds is 4. The highest BCUT2D eigenvalue weighted by Gasteiger charge is 2.36. The molecule has 0 saturated heterocycles. The molecule has 3 heterocycles. The van der Waals surface area contributed by atoms with E-state index in [9.17, 15) is 9.50 Å². The number of hydrogen-bond acceptors (Lipinski definition) is 6. The molecule has 1 aliphatic rings. The number of halogens is 1. The van der Waals surface area contributed by atoms with Crippen LogP contribution in [0, 0.1) is 5.82 Å². The van der Waals surface area contributed by atoms with E-state index < -0.39 is 5.60 Å². The summed E-state index contributed by atoms with van der Waals surface area (Å²) in [4.78, 5) is 14.5. The van der Waals surface area contributed by atoms with Crippen molar-refractivity contribution in [1.82, 2.24) is 15.0 Å². The van der Waals surface area contributed by atoms with Crippen molar-refractivity contribution < 1.29 is 9.50 Å². The molecule has 1 aromatic carbocycles. The Morgan fingerprint density at radius 1 is 1.18 bits per heavy atom. The van der Waals surface area contributed by atoms with Gasteiger partial charge in [0.1, 0.15) is 27.8 Å². The fourth-order valence-electron chi connectivity index (χ4n) is 3.71. The van der Waals surface area contributed by atoms with Gasteiger partial charge in [0.05, 0.1) is 5.39 Å². The van der Waals surface area contributed by atoms with E-state index in [0.29, 0.717) is 30.2 Å². The molecule has 0 fully saturated rings. The minimum absolute atomic E-state index is 0.272. The third kappa shape index (κ3) is 2.93. The summed E-state index contributed by atoms with van der Waals surface area (Å²) in [5.41, 5.74) is 1.28. The highest BCUT2D eigenvalue weighted by molar-refractivity contribution is 7.16. The summed E-state index contributed by atoms with van der Waals surface area (Å²) in [6.45, 7) is 0.287. The Morgan fingerprint density at radius 2 is 2.11 bits per heavy atom. The van der Waals surface area contributed by atoms with Crippen molar-refractivity contribution in [1.29, 1.82) is 0 Å². The number of nitrogens with zero attached hydrogens (tertiary/aromatic N) is 3. The van der Waals surface area contributed by atoms with Crippen molar-refractivity contribution in [3.05, 3.63) is 71.0 Å². The number of nitrogens with one attached hydrogen (secondary N) is 1. The van der Waals surface area contributed by atoms with Crippen LogP contribution in [0.3, 0.4) is 0 Å². The van der Waals surface area contributed by atoms with E-state index in [1.165, 1.54) is 23.5 Å². The number of anilines is 1. The molecule has 4 aromatic rings. The topological polar surface area (TPSA) is 70.9 Å². The van der Waals surface area contributed by atoms with Gasteiger partial charge in [-0.1, -0.05) is 12.1 Å². The lowest BCUT2D eigenvalue weighted by atomic mass is 9.96. The Morgan fingerprint density at radius 3 is 2.96 bits per heavy atom. The van der Waals surface area contributed by atoms with Crippen molar-refractivity contribution in [2.45, 2.75) is 18.4 Å². The van der Waals surface area contributed by atoms with Gasteiger partial charge in [0.15, 0.2) is 5.82 Å². The molecule has 0 amide bonds. The zero-order chi connectivity index (χ0) is 19.1. The summed E-state index contributed by atoms with van der Waals surface area (Å²) in [6, 6.07) is 12.2. The van der Waals surface area contributed by atoms with E-state index in [1.54, 1.807) is 12.3 Å². The predicted molar refractivity (Wildman–Crippen MR) is 108 cm³/mol. The van der Waals surface area contributed by atoms with E-state index in [1.807, 2.05) is 29.6 Å². The molecular weight excluding hydrogens is 375 g/mol. The smallest absolute Gasteiger partial charge is 0.181 e. The van der Waals surface area contributed by atoms with E-state index in [2.05, 4.69) is 20.3 Å². The number of aromatic nitrogens is 3. The van der Waals surface area contributed by atoms with Gasteiger partial charge in [0, 0.05) is 12.7 Å². The van der Waals surface area contributed by atoms with Crippen LogP contribution in [0.5, 0.6) is 0 Å². The summed E-state index contributed by atoms with van der Waals surface area (Å²) in [7, 11) is 0. The number of aliphatic hydroxyl groups is 1. The Labute approximate surface area is 164 Å². The molecule has 0 spiro atoms. The van der Waals surface area contributed by atoms with Gasteiger partial charge in [-0.3, -0.25) is 4.98 Å². The van der Waals surface area contributed by atoms with Crippen LogP contribution in [0.1, 0.15) is 17.5 Å². The minimum Gasteiger partial charge on any atom is -0.383 e. The lowest BCUT2D eigenvalue weighted by Crippen LogP contribution is -2.32. The van der Waals surface area contributed by atoms with Gasteiger partial charge in [0.25, 0.3) is 0 Å². The van der Waals surface area contributed by atoms with Gasteiger partial charge in [-0.05, 0) is 59.7 Å². The van der Waals surface area contributed by atoms with E-state index in [4.69, 9.17) is 0 Å². The molecule has 0 radical (unpaired) electrons. The van der Waals surface area contributed by atoms with Crippen LogP contribution in [-0.2, 0) is 12.0 Å². The molecule has 0 aliphatic heterocycles. The first kappa shape index (κ1) is 17.2. The minimum atomic E-state index is -1.05. The van der Waals surface area contributed by atoms with Gasteiger partial charge < -0.3 is 10.4 Å². The van der Waals surface area contributed by atoms with E-state index >= 15 is 0 Å². The maximum atomic E-state index is 13.5. The molecule has 3 aromatic heterocycles. The summed E-state index contributed by atoms with van der Waals surface area (Å²) < 4.78 is 13.5. The average molecular weight is 392 g/mol. The number of aryl methyl sites for hydroxylation is 1. The highest BCUT2D eigenvalue weighted by atomic mass is 32.1. The van der Waals surface area contributed by atoms with Gasteiger partial charge in [-0.25, -0.2) is 14.4 Å². The Kier molecular flexibility index (Phi) is 4.07. The molecule has 2 N–H and O–H groups in total. The fraction of sp³-hybridized carbons (Fsp3) is 0.190. The van der Waals surface area contributed by atoms with Crippen LogP contribution < -0.4 is 5.32 Å². The van der Waals surface area contributed by atoms with Crippen LogP contribution in [0.15, 0.2) is 54.0 Å². The third-order valence-electron chi connectivity index (χ3n) is 5.14. The van der Waals surface area contributed by atoms with Crippen LogP contribution in [0.2, 0.25) is 0 Å². The van der Waals surface area contributed by atoms with Crippen molar-refractivity contribution in [3.8, 4) is 11.5 Å². The number of hydrogen-bond donors (Lipinski definition) is 2. The van der Waals surface area contributed by atoms with Crippen LogP contribution in [0.25, 0.3) is 21.7 Å². The van der Waals surface area contributed by atoms with Crippen LogP contribution >= 0.6 is 11.3 Å². The monoisotopic (exact) mass is 392 g/mol. The zero-order valence-electron chi connectivity index (χ0n) is 14.9. The molecule has 0 saturated carbocycles. The van der Waals surface area contributed by atoms with Gasteiger partial charge in [0.2, 0.25) is 0 Å². The summed E-state index contributed by atoms with van der Waals surface area (Å²) >= 11 is 1.53. The summed E-state index contributed by atoms with van der Waals surface area (Å²) in [6.07, 6.45) is 2.91. The highest BCUT2D eigenvalue weighted by Crippen LogP contribution is 2.38. The SMILES string of the molecule is OC1(CNc2nc(-c3ccccn3)nc3sccc23)CCc2cc(F)ccc21.